The average Bonchev–Trinajstić information content (AvgIpc) is 3.02. The van der Waals surface area contributed by atoms with Crippen molar-refractivity contribution in [3.05, 3.63) is 58.9 Å². The predicted molar refractivity (Wildman–Crippen MR) is 90.1 cm³/mol. The van der Waals surface area contributed by atoms with E-state index in [2.05, 4.69) is 15.3 Å². The van der Waals surface area contributed by atoms with Crippen LogP contribution in [0.2, 0.25) is 5.02 Å². The van der Waals surface area contributed by atoms with Gasteiger partial charge in [0.1, 0.15) is 5.75 Å². The highest BCUT2D eigenvalue weighted by atomic mass is 35.5. The van der Waals surface area contributed by atoms with E-state index < -0.39 is 0 Å². The number of ether oxygens (including phenoxy) is 1. The average molecular weight is 330 g/mol. The molecule has 0 atom stereocenters. The van der Waals surface area contributed by atoms with Crippen LogP contribution in [0.5, 0.6) is 5.75 Å². The van der Waals surface area contributed by atoms with E-state index in [1.807, 2.05) is 18.2 Å². The summed E-state index contributed by atoms with van der Waals surface area (Å²) >= 11 is 6.00. The molecule has 0 aliphatic heterocycles. The minimum Gasteiger partial charge on any atom is -0.496 e. The molecule has 0 unspecified atom stereocenters. The Morgan fingerprint density at radius 1 is 1.30 bits per heavy atom. The van der Waals surface area contributed by atoms with Gasteiger partial charge in [-0.05, 0) is 48.4 Å². The summed E-state index contributed by atoms with van der Waals surface area (Å²) < 4.78 is 5.30. The quantitative estimate of drug-likeness (QED) is 0.755. The molecule has 0 spiro atoms. The van der Waals surface area contributed by atoms with E-state index in [1.165, 1.54) is 0 Å². The van der Waals surface area contributed by atoms with Crippen LogP contribution in [-0.2, 0) is 6.42 Å². The van der Waals surface area contributed by atoms with Crippen LogP contribution in [0, 0.1) is 0 Å². The molecule has 0 radical (unpaired) electrons. The monoisotopic (exact) mass is 329 g/mol. The van der Waals surface area contributed by atoms with Crippen molar-refractivity contribution < 1.29 is 9.53 Å². The number of fused-ring (bicyclic) bond motifs is 1. The highest BCUT2D eigenvalue weighted by Gasteiger charge is 2.08. The molecule has 0 saturated carbocycles. The van der Waals surface area contributed by atoms with Crippen molar-refractivity contribution in [2.24, 2.45) is 0 Å². The van der Waals surface area contributed by atoms with Crippen LogP contribution < -0.4 is 10.1 Å². The summed E-state index contributed by atoms with van der Waals surface area (Å²) in [6.07, 6.45) is 2.25. The standard InChI is InChI=1S/C17H16ClN3O2/c1-23-16-5-3-13(18)8-11(16)6-7-19-17(22)12-2-4-14-15(9-12)21-10-20-14/h2-5,8-10H,6-7H2,1H3,(H,19,22)(H,20,21). The smallest absolute Gasteiger partial charge is 0.251 e. The number of methoxy groups -OCH3 is 1. The zero-order valence-corrected chi connectivity index (χ0v) is 13.4. The Morgan fingerprint density at radius 2 is 2.17 bits per heavy atom. The zero-order valence-electron chi connectivity index (χ0n) is 12.6. The van der Waals surface area contributed by atoms with Crippen molar-refractivity contribution in [2.75, 3.05) is 13.7 Å². The van der Waals surface area contributed by atoms with Gasteiger partial charge in [-0.1, -0.05) is 11.6 Å². The Morgan fingerprint density at radius 3 is 3.00 bits per heavy atom. The first kappa shape index (κ1) is 15.4. The Kier molecular flexibility index (Phi) is 4.48. The largest absolute Gasteiger partial charge is 0.496 e. The third-order valence-electron chi connectivity index (χ3n) is 3.60. The van der Waals surface area contributed by atoms with Crippen LogP contribution in [0.1, 0.15) is 15.9 Å². The highest BCUT2D eigenvalue weighted by Crippen LogP contribution is 2.22. The number of hydrogen-bond acceptors (Lipinski definition) is 3. The fourth-order valence-electron chi connectivity index (χ4n) is 2.43. The van der Waals surface area contributed by atoms with Crippen LogP contribution in [-0.4, -0.2) is 29.5 Å². The highest BCUT2D eigenvalue weighted by molar-refractivity contribution is 6.30. The lowest BCUT2D eigenvalue weighted by Crippen LogP contribution is -2.25. The van der Waals surface area contributed by atoms with Gasteiger partial charge in [0.05, 0.1) is 24.5 Å². The number of nitrogens with zero attached hydrogens (tertiary/aromatic N) is 1. The van der Waals surface area contributed by atoms with E-state index in [1.54, 1.807) is 31.6 Å². The minimum atomic E-state index is -0.123. The Labute approximate surface area is 138 Å². The van der Waals surface area contributed by atoms with Crippen molar-refractivity contribution in [1.29, 1.82) is 0 Å². The molecule has 6 heteroatoms. The van der Waals surface area contributed by atoms with Crippen molar-refractivity contribution in [3.63, 3.8) is 0 Å². The summed E-state index contributed by atoms with van der Waals surface area (Å²) in [5.74, 6) is 0.644. The molecular weight excluding hydrogens is 314 g/mol. The number of nitrogens with one attached hydrogen (secondary N) is 2. The van der Waals surface area contributed by atoms with Crippen LogP contribution in [0.25, 0.3) is 11.0 Å². The maximum atomic E-state index is 12.2. The summed E-state index contributed by atoms with van der Waals surface area (Å²) in [5, 5.41) is 3.55. The van der Waals surface area contributed by atoms with Gasteiger partial charge in [-0.25, -0.2) is 4.98 Å². The predicted octanol–water partition coefficient (Wildman–Crippen LogP) is 3.20. The number of hydrogen-bond donors (Lipinski definition) is 2. The van der Waals surface area contributed by atoms with Gasteiger partial charge in [-0.3, -0.25) is 4.79 Å². The van der Waals surface area contributed by atoms with Gasteiger partial charge in [-0.2, -0.15) is 0 Å². The van der Waals surface area contributed by atoms with E-state index in [0.29, 0.717) is 23.6 Å². The summed E-state index contributed by atoms with van der Waals surface area (Å²) in [6, 6.07) is 10.8. The van der Waals surface area contributed by atoms with Crippen molar-refractivity contribution in [1.82, 2.24) is 15.3 Å². The molecule has 118 valence electrons. The lowest BCUT2D eigenvalue weighted by molar-refractivity contribution is 0.0954. The number of aromatic nitrogens is 2. The number of carbonyl (C=O) groups excluding carboxylic acids is 1. The fraction of sp³-hybridized carbons (Fsp3) is 0.176. The van der Waals surface area contributed by atoms with Gasteiger partial charge in [0.2, 0.25) is 0 Å². The lowest BCUT2D eigenvalue weighted by Gasteiger charge is -2.10. The number of imidazole rings is 1. The zero-order chi connectivity index (χ0) is 16.2. The van der Waals surface area contributed by atoms with E-state index in [4.69, 9.17) is 16.3 Å². The van der Waals surface area contributed by atoms with E-state index >= 15 is 0 Å². The Balaban J connectivity index is 1.64. The molecule has 3 aromatic rings. The first-order chi connectivity index (χ1) is 11.2. The molecule has 2 N–H and O–H groups in total. The molecule has 5 nitrogen and oxygen atoms in total. The van der Waals surface area contributed by atoms with Gasteiger partial charge in [0.25, 0.3) is 5.91 Å². The number of benzene rings is 2. The molecule has 2 aromatic carbocycles. The van der Waals surface area contributed by atoms with Crippen LogP contribution in [0.3, 0.4) is 0 Å². The molecule has 0 saturated heterocycles. The molecule has 3 rings (SSSR count). The molecule has 23 heavy (non-hydrogen) atoms. The topological polar surface area (TPSA) is 67.0 Å². The number of halogens is 1. The van der Waals surface area contributed by atoms with Crippen LogP contribution in [0.4, 0.5) is 0 Å². The van der Waals surface area contributed by atoms with E-state index in [0.717, 1.165) is 22.3 Å². The third-order valence-corrected chi connectivity index (χ3v) is 3.84. The van der Waals surface area contributed by atoms with Crippen LogP contribution in [0.15, 0.2) is 42.7 Å². The molecule has 0 aliphatic rings. The molecule has 1 heterocycles. The first-order valence-electron chi connectivity index (χ1n) is 7.21. The van der Waals surface area contributed by atoms with Gasteiger partial charge < -0.3 is 15.0 Å². The number of rotatable bonds is 5. The second-order valence-electron chi connectivity index (χ2n) is 5.10. The second-order valence-corrected chi connectivity index (χ2v) is 5.53. The van der Waals surface area contributed by atoms with E-state index in [9.17, 15) is 4.79 Å². The molecule has 1 amide bonds. The summed E-state index contributed by atoms with van der Waals surface area (Å²) in [4.78, 5) is 19.3. The van der Waals surface area contributed by atoms with Gasteiger partial charge in [-0.15, -0.1) is 0 Å². The Bertz CT molecular complexity index is 845. The summed E-state index contributed by atoms with van der Waals surface area (Å²) in [5.41, 5.74) is 3.24. The molecule has 1 aromatic heterocycles. The number of amides is 1. The maximum Gasteiger partial charge on any atom is 0.251 e. The molecular formula is C17H16ClN3O2. The summed E-state index contributed by atoms with van der Waals surface area (Å²) in [7, 11) is 1.62. The third kappa shape index (κ3) is 3.46. The van der Waals surface area contributed by atoms with Crippen LogP contribution >= 0.6 is 11.6 Å². The normalized spacial score (nSPS) is 10.7. The number of aromatic amines is 1. The Hall–Kier alpha value is -2.53. The minimum absolute atomic E-state index is 0.123. The van der Waals surface area contributed by atoms with Crippen molar-refractivity contribution in [2.45, 2.75) is 6.42 Å². The van der Waals surface area contributed by atoms with E-state index in [-0.39, 0.29) is 5.91 Å². The number of carbonyl (C=O) groups is 1. The number of H-pyrrole nitrogens is 1. The van der Waals surface area contributed by atoms with Gasteiger partial charge in [0.15, 0.2) is 0 Å². The maximum absolute atomic E-state index is 12.2. The second kappa shape index (κ2) is 6.71. The van der Waals surface area contributed by atoms with Gasteiger partial charge in [0, 0.05) is 17.1 Å². The molecule has 0 aliphatic carbocycles. The van der Waals surface area contributed by atoms with Crippen molar-refractivity contribution in [3.8, 4) is 5.75 Å². The van der Waals surface area contributed by atoms with Gasteiger partial charge >= 0.3 is 0 Å². The molecule has 0 bridgehead atoms. The lowest BCUT2D eigenvalue weighted by atomic mass is 10.1. The molecule has 0 fully saturated rings. The SMILES string of the molecule is COc1ccc(Cl)cc1CCNC(=O)c1ccc2nc[nH]c2c1. The fourth-order valence-corrected chi connectivity index (χ4v) is 2.63. The summed E-state index contributed by atoms with van der Waals surface area (Å²) in [6.45, 7) is 0.497. The first-order valence-corrected chi connectivity index (χ1v) is 7.59. The van der Waals surface area contributed by atoms with Crippen molar-refractivity contribution >= 4 is 28.5 Å².